The van der Waals surface area contributed by atoms with Crippen LogP contribution in [0, 0.1) is 13.8 Å². The molecule has 3 rings (SSSR count). The quantitative estimate of drug-likeness (QED) is 0.568. The van der Waals surface area contributed by atoms with Crippen LogP contribution in [0.2, 0.25) is 0 Å². The molecule has 2 aromatic carbocycles. The Morgan fingerprint density at radius 3 is 2.33 bits per heavy atom. The van der Waals surface area contributed by atoms with Gasteiger partial charge in [0.15, 0.2) is 0 Å². The van der Waals surface area contributed by atoms with Crippen molar-refractivity contribution in [2.24, 2.45) is 0 Å². The van der Waals surface area contributed by atoms with Gasteiger partial charge in [-0.2, -0.15) is 0 Å². The highest BCUT2D eigenvalue weighted by Gasteiger charge is 2.14. The fraction of sp³-hybridized carbons (Fsp3) is 0.227. The normalized spacial score (nSPS) is 10.6. The molecule has 1 aromatic heterocycles. The second-order valence-corrected chi connectivity index (χ2v) is 6.30. The number of nitrogens with zero attached hydrogens (tertiary/aromatic N) is 1. The maximum Gasteiger partial charge on any atom is 0.245 e. The second kappa shape index (κ2) is 9.05. The highest BCUT2D eigenvalue weighted by atomic mass is 16.5. The zero-order valence-electron chi connectivity index (χ0n) is 15.7. The fourth-order valence-electron chi connectivity index (χ4n) is 2.70. The molecule has 140 valence electrons. The second-order valence-electron chi connectivity index (χ2n) is 6.30. The number of aryl methyl sites for hydroxylation is 1. The van der Waals surface area contributed by atoms with Crippen LogP contribution in [-0.2, 0) is 11.3 Å². The Labute approximate surface area is 160 Å². The van der Waals surface area contributed by atoms with E-state index in [1.165, 1.54) is 0 Å². The SMILES string of the molecule is Cc1nc(Oc2ccccc2)c(N)c(NCCOCc2ccccc2)c1C. The molecule has 0 radical (unpaired) electrons. The molecule has 0 aliphatic rings. The van der Waals surface area contributed by atoms with Gasteiger partial charge in [0, 0.05) is 12.2 Å². The van der Waals surface area contributed by atoms with E-state index in [0.717, 1.165) is 22.5 Å². The number of nitrogen functional groups attached to an aromatic ring is 1. The number of hydrogen-bond donors (Lipinski definition) is 2. The molecule has 0 unspecified atom stereocenters. The average molecular weight is 363 g/mol. The third-order valence-corrected chi connectivity index (χ3v) is 4.30. The summed E-state index contributed by atoms with van der Waals surface area (Å²) in [7, 11) is 0. The average Bonchev–Trinajstić information content (AvgIpc) is 2.70. The number of nitrogens with two attached hydrogens (primary N) is 1. The molecule has 3 N–H and O–H groups in total. The number of para-hydroxylation sites is 1. The molecule has 0 spiro atoms. The Kier molecular flexibility index (Phi) is 6.28. The largest absolute Gasteiger partial charge is 0.437 e. The summed E-state index contributed by atoms with van der Waals surface area (Å²) in [6.45, 7) is 5.76. The van der Waals surface area contributed by atoms with Gasteiger partial charge in [0.05, 0.1) is 18.9 Å². The van der Waals surface area contributed by atoms with Gasteiger partial charge in [-0.05, 0) is 37.1 Å². The number of benzene rings is 2. The Morgan fingerprint density at radius 2 is 1.63 bits per heavy atom. The lowest BCUT2D eigenvalue weighted by atomic mass is 10.1. The molecule has 27 heavy (non-hydrogen) atoms. The highest BCUT2D eigenvalue weighted by molar-refractivity contribution is 5.75. The van der Waals surface area contributed by atoms with Crippen molar-refractivity contribution < 1.29 is 9.47 Å². The van der Waals surface area contributed by atoms with Crippen LogP contribution in [0.3, 0.4) is 0 Å². The van der Waals surface area contributed by atoms with Crippen LogP contribution in [0.4, 0.5) is 11.4 Å². The number of aromatic nitrogens is 1. The number of pyridine rings is 1. The molecule has 0 saturated carbocycles. The van der Waals surface area contributed by atoms with Crippen LogP contribution < -0.4 is 15.8 Å². The van der Waals surface area contributed by atoms with E-state index in [1.54, 1.807) is 0 Å². The predicted molar refractivity (Wildman–Crippen MR) is 109 cm³/mol. The van der Waals surface area contributed by atoms with Crippen molar-refractivity contribution in [2.75, 3.05) is 24.2 Å². The molecule has 3 aromatic rings. The fourth-order valence-corrected chi connectivity index (χ4v) is 2.70. The molecule has 0 amide bonds. The minimum absolute atomic E-state index is 0.414. The van der Waals surface area contributed by atoms with Gasteiger partial charge in [-0.3, -0.25) is 0 Å². The molecule has 0 aliphatic heterocycles. The number of nitrogens with one attached hydrogen (secondary N) is 1. The maximum atomic E-state index is 6.32. The summed E-state index contributed by atoms with van der Waals surface area (Å²) in [4.78, 5) is 4.49. The van der Waals surface area contributed by atoms with E-state index >= 15 is 0 Å². The highest BCUT2D eigenvalue weighted by Crippen LogP contribution is 2.34. The van der Waals surface area contributed by atoms with Crippen LogP contribution in [0.15, 0.2) is 60.7 Å². The van der Waals surface area contributed by atoms with E-state index in [-0.39, 0.29) is 0 Å². The Balaban J connectivity index is 1.62. The Bertz CT molecular complexity index is 868. The van der Waals surface area contributed by atoms with Crippen molar-refractivity contribution in [2.45, 2.75) is 20.5 Å². The summed E-state index contributed by atoms with van der Waals surface area (Å²) in [5.74, 6) is 1.12. The lowest BCUT2D eigenvalue weighted by molar-refractivity contribution is 0.130. The van der Waals surface area contributed by atoms with Gasteiger partial charge in [0.2, 0.25) is 5.88 Å². The van der Waals surface area contributed by atoms with Crippen LogP contribution in [-0.4, -0.2) is 18.1 Å². The van der Waals surface area contributed by atoms with E-state index < -0.39 is 0 Å². The molecule has 5 nitrogen and oxygen atoms in total. The van der Waals surface area contributed by atoms with E-state index in [1.807, 2.05) is 62.4 Å². The minimum Gasteiger partial charge on any atom is -0.437 e. The topological polar surface area (TPSA) is 69.4 Å². The van der Waals surface area contributed by atoms with Gasteiger partial charge in [-0.1, -0.05) is 48.5 Å². The summed E-state index contributed by atoms with van der Waals surface area (Å²) < 4.78 is 11.6. The van der Waals surface area contributed by atoms with Crippen molar-refractivity contribution in [3.05, 3.63) is 77.5 Å². The first-order chi connectivity index (χ1) is 13.1. The van der Waals surface area contributed by atoms with Gasteiger partial charge in [-0.25, -0.2) is 4.98 Å². The zero-order chi connectivity index (χ0) is 19.1. The van der Waals surface area contributed by atoms with Crippen LogP contribution in [0.5, 0.6) is 11.6 Å². The Morgan fingerprint density at radius 1 is 0.963 bits per heavy atom. The molecule has 0 atom stereocenters. The van der Waals surface area contributed by atoms with E-state index in [4.69, 9.17) is 15.2 Å². The van der Waals surface area contributed by atoms with Crippen molar-refractivity contribution in [1.29, 1.82) is 0 Å². The molecule has 0 bridgehead atoms. The van der Waals surface area contributed by atoms with Gasteiger partial charge in [0.25, 0.3) is 0 Å². The van der Waals surface area contributed by atoms with Crippen LogP contribution in [0.1, 0.15) is 16.8 Å². The number of hydrogen-bond acceptors (Lipinski definition) is 5. The summed E-state index contributed by atoms with van der Waals surface area (Å²) in [5.41, 5.74) is 10.7. The molecule has 0 fully saturated rings. The summed E-state index contributed by atoms with van der Waals surface area (Å²) >= 11 is 0. The van der Waals surface area contributed by atoms with Crippen molar-refractivity contribution in [3.63, 3.8) is 0 Å². The van der Waals surface area contributed by atoms with E-state index in [2.05, 4.69) is 22.4 Å². The maximum absolute atomic E-state index is 6.32. The molecule has 5 heteroatoms. The van der Waals surface area contributed by atoms with Crippen LogP contribution in [0.25, 0.3) is 0 Å². The number of ether oxygens (including phenoxy) is 2. The Hall–Kier alpha value is -3.05. The van der Waals surface area contributed by atoms with Gasteiger partial charge in [0.1, 0.15) is 11.4 Å². The first-order valence-electron chi connectivity index (χ1n) is 9.00. The summed E-state index contributed by atoms with van der Waals surface area (Å²) in [6, 6.07) is 19.6. The first-order valence-corrected chi connectivity index (χ1v) is 9.00. The minimum atomic E-state index is 0.414. The van der Waals surface area contributed by atoms with Crippen LogP contribution >= 0.6 is 0 Å². The third-order valence-electron chi connectivity index (χ3n) is 4.30. The predicted octanol–water partition coefficient (Wildman–Crippen LogP) is 4.70. The van der Waals surface area contributed by atoms with Gasteiger partial charge >= 0.3 is 0 Å². The van der Waals surface area contributed by atoms with Gasteiger partial charge in [-0.15, -0.1) is 0 Å². The lowest BCUT2D eigenvalue weighted by Gasteiger charge is -2.17. The number of anilines is 2. The smallest absolute Gasteiger partial charge is 0.245 e. The monoisotopic (exact) mass is 363 g/mol. The summed E-state index contributed by atoms with van der Waals surface area (Å²) in [6.07, 6.45) is 0. The van der Waals surface area contributed by atoms with Crippen molar-refractivity contribution >= 4 is 11.4 Å². The van der Waals surface area contributed by atoms with Crippen molar-refractivity contribution in [3.8, 4) is 11.6 Å². The third kappa shape index (κ3) is 4.99. The standard InChI is InChI=1S/C22H25N3O2/c1-16-17(2)25-22(27-19-11-7-4-8-12-19)20(23)21(16)24-13-14-26-15-18-9-5-3-6-10-18/h3-12H,13-15,23H2,1-2H3,(H,24,25). The molecule has 0 aliphatic carbocycles. The van der Waals surface area contributed by atoms with Gasteiger partial charge < -0.3 is 20.5 Å². The molecular formula is C22H25N3O2. The van der Waals surface area contributed by atoms with E-state index in [9.17, 15) is 0 Å². The molecular weight excluding hydrogens is 338 g/mol. The summed E-state index contributed by atoms with van der Waals surface area (Å²) in [5, 5.41) is 3.36. The number of rotatable bonds is 8. The zero-order valence-corrected chi connectivity index (χ0v) is 15.7. The first kappa shape index (κ1) is 18.7. The molecule has 1 heterocycles. The van der Waals surface area contributed by atoms with Crippen molar-refractivity contribution in [1.82, 2.24) is 4.98 Å². The molecule has 0 saturated heterocycles. The van der Waals surface area contributed by atoms with E-state index in [0.29, 0.717) is 37.1 Å². The lowest BCUT2D eigenvalue weighted by Crippen LogP contribution is -2.13.